The Labute approximate surface area is 193 Å². The van der Waals surface area contributed by atoms with E-state index in [-0.39, 0.29) is 27.4 Å². The highest BCUT2D eigenvalue weighted by Gasteiger charge is 2.22. The van der Waals surface area contributed by atoms with Gasteiger partial charge in [0.25, 0.3) is 0 Å². The Morgan fingerprint density at radius 3 is 2.26 bits per heavy atom. The molecule has 0 N–H and O–H groups in total. The molecule has 0 atom stereocenters. The number of nitrogens with zero attached hydrogens (tertiary/aromatic N) is 1. The van der Waals surface area contributed by atoms with Crippen LogP contribution >= 0.6 is 23.4 Å². The zero-order valence-corrected chi connectivity index (χ0v) is 20.2. The Hall–Kier alpha value is -2.15. The van der Waals surface area contributed by atoms with Crippen LogP contribution in [-0.2, 0) is 21.0 Å². The average Bonchev–Trinajstić information content (AvgIpc) is 2.74. The lowest BCUT2D eigenvalue weighted by atomic mass is 9.87. The Kier molecular flexibility index (Phi) is 6.94. The topological polar surface area (TPSA) is 64.1 Å². The summed E-state index contributed by atoms with van der Waals surface area (Å²) in [6.07, 6.45) is 3.40. The van der Waals surface area contributed by atoms with Crippen LogP contribution in [-0.4, -0.2) is 25.4 Å². The summed E-state index contributed by atoms with van der Waals surface area (Å²) < 4.78 is 26.2. The molecular weight excluding hydrogens is 450 g/mol. The third-order valence-electron chi connectivity index (χ3n) is 4.95. The van der Waals surface area contributed by atoms with Gasteiger partial charge in [-0.05, 0) is 59.2 Å². The number of ketones is 1. The highest BCUT2D eigenvalue weighted by Crippen LogP contribution is 2.27. The van der Waals surface area contributed by atoms with E-state index < -0.39 is 9.84 Å². The predicted molar refractivity (Wildman–Crippen MR) is 127 cm³/mol. The van der Waals surface area contributed by atoms with Crippen molar-refractivity contribution in [3.8, 4) is 0 Å². The van der Waals surface area contributed by atoms with E-state index in [1.165, 1.54) is 24.0 Å². The van der Waals surface area contributed by atoms with Crippen LogP contribution in [0.2, 0.25) is 5.02 Å². The molecule has 0 aliphatic carbocycles. The van der Waals surface area contributed by atoms with Gasteiger partial charge in [-0.2, -0.15) is 0 Å². The number of thioether (sulfide) groups is 1. The minimum Gasteiger partial charge on any atom is -0.289 e. The van der Waals surface area contributed by atoms with Crippen LogP contribution in [0.1, 0.15) is 47.8 Å². The molecule has 0 amide bonds. The minimum atomic E-state index is -3.65. The van der Waals surface area contributed by atoms with Crippen molar-refractivity contribution in [3.05, 3.63) is 88.1 Å². The number of pyridine rings is 1. The number of carbonyl (C=O) groups is 1. The van der Waals surface area contributed by atoms with Gasteiger partial charge in [0.2, 0.25) is 0 Å². The molecule has 0 spiro atoms. The molecule has 0 aliphatic heterocycles. The molecule has 0 aliphatic rings. The van der Waals surface area contributed by atoms with E-state index in [4.69, 9.17) is 11.6 Å². The first-order valence-corrected chi connectivity index (χ1v) is 12.9. The van der Waals surface area contributed by atoms with Gasteiger partial charge in [-0.1, -0.05) is 50.6 Å². The Balaban J connectivity index is 1.95. The van der Waals surface area contributed by atoms with Gasteiger partial charge in [0.1, 0.15) is 0 Å². The summed E-state index contributed by atoms with van der Waals surface area (Å²) in [6.45, 7) is 6.22. The molecule has 3 rings (SSSR count). The third-order valence-corrected chi connectivity index (χ3v) is 7.53. The SMILES string of the molecule is CSc1ccc(C(=O)c2cc(Cl)ccc2CS(=O)(=O)c2ccc(C(C)(C)C)cc2)cn1. The highest BCUT2D eigenvalue weighted by atomic mass is 35.5. The third kappa shape index (κ3) is 5.56. The maximum atomic E-state index is 13.1. The van der Waals surface area contributed by atoms with E-state index >= 15 is 0 Å². The van der Waals surface area contributed by atoms with Gasteiger partial charge in [-0.15, -0.1) is 11.8 Å². The summed E-state index contributed by atoms with van der Waals surface area (Å²) in [7, 11) is -3.65. The van der Waals surface area contributed by atoms with Crippen molar-refractivity contribution in [1.29, 1.82) is 0 Å². The van der Waals surface area contributed by atoms with Crippen molar-refractivity contribution in [2.24, 2.45) is 0 Å². The Morgan fingerprint density at radius 2 is 1.71 bits per heavy atom. The summed E-state index contributed by atoms with van der Waals surface area (Å²) >= 11 is 7.60. The smallest absolute Gasteiger partial charge is 0.194 e. The highest BCUT2D eigenvalue weighted by molar-refractivity contribution is 7.98. The summed E-state index contributed by atoms with van der Waals surface area (Å²) in [6, 6.07) is 15.1. The predicted octanol–water partition coefficient (Wildman–Crippen LogP) is 5.96. The van der Waals surface area contributed by atoms with Crippen molar-refractivity contribution in [1.82, 2.24) is 4.98 Å². The number of rotatable bonds is 6. The number of halogens is 1. The lowest BCUT2D eigenvalue weighted by Crippen LogP contribution is -2.13. The normalized spacial score (nSPS) is 12.0. The second-order valence-corrected chi connectivity index (χ2v) is 11.5. The van der Waals surface area contributed by atoms with E-state index in [1.807, 2.05) is 18.4 Å². The summed E-state index contributed by atoms with van der Waals surface area (Å²) in [4.78, 5) is 17.6. The zero-order chi connectivity index (χ0) is 22.8. The van der Waals surface area contributed by atoms with Crippen LogP contribution in [0.25, 0.3) is 0 Å². The van der Waals surface area contributed by atoms with Crippen LogP contribution in [0, 0.1) is 0 Å². The van der Waals surface area contributed by atoms with Crippen molar-refractivity contribution in [3.63, 3.8) is 0 Å². The Bertz CT molecular complexity index is 1200. The summed E-state index contributed by atoms with van der Waals surface area (Å²) in [5.41, 5.74) is 2.03. The molecule has 7 heteroatoms. The minimum absolute atomic E-state index is 0.0715. The number of hydrogen-bond donors (Lipinski definition) is 0. The number of benzene rings is 2. The van der Waals surface area contributed by atoms with E-state index in [0.29, 0.717) is 16.1 Å². The van der Waals surface area contributed by atoms with Crippen molar-refractivity contribution in [2.45, 2.75) is 41.9 Å². The molecule has 0 bridgehead atoms. The molecule has 0 saturated carbocycles. The van der Waals surface area contributed by atoms with Gasteiger partial charge in [0.05, 0.1) is 15.7 Å². The quantitative estimate of drug-likeness (QED) is 0.326. The van der Waals surface area contributed by atoms with E-state index in [2.05, 4.69) is 25.8 Å². The monoisotopic (exact) mass is 473 g/mol. The molecule has 162 valence electrons. The van der Waals surface area contributed by atoms with Crippen molar-refractivity contribution >= 4 is 39.0 Å². The first kappa shape index (κ1) is 23.5. The fraction of sp³-hybridized carbons (Fsp3) is 0.250. The molecule has 1 aromatic heterocycles. The first-order valence-electron chi connectivity index (χ1n) is 9.68. The standard InChI is InChI=1S/C24H24ClNO3S2/c1-24(2,3)18-7-10-20(11-8-18)31(28,29)15-17-5-9-19(25)13-21(17)23(27)16-6-12-22(30-4)26-14-16/h5-14H,15H2,1-4H3. The largest absolute Gasteiger partial charge is 0.289 e. The van der Waals surface area contributed by atoms with Crippen LogP contribution < -0.4 is 0 Å². The zero-order valence-electron chi connectivity index (χ0n) is 17.8. The summed E-state index contributed by atoms with van der Waals surface area (Å²) in [5.74, 6) is -0.605. The van der Waals surface area contributed by atoms with Crippen molar-refractivity contribution < 1.29 is 13.2 Å². The second-order valence-electron chi connectivity index (χ2n) is 8.25. The van der Waals surface area contributed by atoms with Crippen LogP contribution in [0.4, 0.5) is 0 Å². The molecule has 0 radical (unpaired) electrons. The number of carbonyl (C=O) groups excluding carboxylic acids is 1. The van der Waals surface area contributed by atoms with Crippen LogP contribution in [0.15, 0.2) is 70.7 Å². The maximum absolute atomic E-state index is 13.1. The lowest BCUT2D eigenvalue weighted by Gasteiger charge is -2.19. The lowest BCUT2D eigenvalue weighted by molar-refractivity contribution is 0.103. The number of hydrogen-bond acceptors (Lipinski definition) is 5. The van der Waals surface area contributed by atoms with Gasteiger partial charge in [0, 0.05) is 22.3 Å². The van der Waals surface area contributed by atoms with Crippen LogP contribution in [0.5, 0.6) is 0 Å². The summed E-state index contributed by atoms with van der Waals surface area (Å²) in [5, 5.41) is 1.16. The Morgan fingerprint density at radius 1 is 1.03 bits per heavy atom. The maximum Gasteiger partial charge on any atom is 0.194 e. The molecule has 1 heterocycles. The van der Waals surface area contributed by atoms with Crippen molar-refractivity contribution in [2.75, 3.05) is 6.26 Å². The second kappa shape index (κ2) is 9.15. The molecule has 0 saturated heterocycles. The van der Waals surface area contributed by atoms with Crippen LogP contribution in [0.3, 0.4) is 0 Å². The van der Waals surface area contributed by atoms with E-state index in [1.54, 1.807) is 36.4 Å². The first-order chi connectivity index (χ1) is 14.5. The van der Waals surface area contributed by atoms with Gasteiger partial charge in [-0.3, -0.25) is 4.79 Å². The molecule has 3 aromatic rings. The number of sulfone groups is 1. The van der Waals surface area contributed by atoms with Gasteiger partial charge >= 0.3 is 0 Å². The molecule has 4 nitrogen and oxygen atoms in total. The number of aromatic nitrogens is 1. The van der Waals surface area contributed by atoms with Gasteiger partial charge in [0.15, 0.2) is 15.6 Å². The molecule has 31 heavy (non-hydrogen) atoms. The molecule has 0 unspecified atom stereocenters. The average molecular weight is 474 g/mol. The van der Waals surface area contributed by atoms with E-state index in [0.717, 1.165) is 10.6 Å². The van der Waals surface area contributed by atoms with E-state index in [9.17, 15) is 13.2 Å². The molecule has 0 fully saturated rings. The molecular formula is C24H24ClNO3S2. The molecule has 2 aromatic carbocycles. The fourth-order valence-electron chi connectivity index (χ4n) is 3.13. The fourth-order valence-corrected chi connectivity index (χ4v) is 5.04. The van der Waals surface area contributed by atoms with Gasteiger partial charge < -0.3 is 0 Å². The van der Waals surface area contributed by atoms with Gasteiger partial charge in [-0.25, -0.2) is 13.4 Å².